The van der Waals surface area contributed by atoms with Crippen molar-refractivity contribution in [3.05, 3.63) is 88.9 Å². The molecule has 0 saturated carbocycles. The number of sulfonamides is 1. The molecule has 0 radical (unpaired) electrons. The molecule has 0 fully saturated rings. The number of carbonyl (C=O) groups excluding carboxylic acids is 1. The second kappa shape index (κ2) is 10.7. The molecule has 0 saturated heterocycles. The number of methoxy groups -OCH3 is 1. The van der Waals surface area contributed by atoms with E-state index in [2.05, 4.69) is 5.32 Å². The maximum Gasteiger partial charge on any atom is 0.264 e. The summed E-state index contributed by atoms with van der Waals surface area (Å²) in [4.78, 5) is 13.2. The van der Waals surface area contributed by atoms with Crippen molar-refractivity contribution in [2.24, 2.45) is 0 Å². The number of rotatable bonds is 9. The van der Waals surface area contributed by atoms with E-state index in [4.69, 9.17) is 16.3 Å². The molecule has 0 aromatic heterocycles. The molecule has 0 unspecified atom stereocenters. The van der Waals surface area contributed by atoms with Crippen molar-refractivity contribution in [1.82, 2.24) is 5.32 Å². The van der Waals surface area contributed by atoms with Crippen molar-refractivity contribution in [2.75, 3.05) is 18.0 Å². The molecule has 0 aliphatic rings. The summed E-state index contributed by atoms with van der Waals surface area (Å²) in [6.45, 7) is 3.51. The lowest BCUT2D eigenvalue weighted by atomic mass is 10.0. The maximum atomic E-state index is 13.4. The van der Waals surface area contributed by atoms with Crippen LogP contribution in [0.25, 0.3) is 0 Å². The van der Waals surface area contributed by atoms with Gasteiger partial charge in [-0.15, -0.1) is 0 Å². The quantitative estimate of drug-likeness (QED) is 0.455. The summed E-state index contributed by atoms with van der Waals surface area (Å²) < 4.78 is 33.2. The zero-order valence-electron chi connectivity index (χ0n) is 18.8. The average molecular weight is 487 g/mol. The number of carbonyl (C=O) groups is 1. The third kappa shape index (κ3) is 5.86. The van der Waals surface area contributed by atoms with Gasteiger partial charge in [0.15, 0.2) is 0 Å². The van der Waals surface area contributed by atoms with Crippen molar-refractivity contribution < 1.29 is 17.9 Å². The van der Waals surface area contributed by atoms with Crippen LogP contribution in [0.5, 0.6) is 5.75 Å². The molecule has 6 nitrogen and oxygen atoms in total. The molecule has 1 amide bonds. The molecule has 174 valence electrons. The number of amides is 1. The number of halogens is 1. The van der Waals surface area contributed by atoms with Crippen molar-refractivity contribution in [2.45, 2.75) is 31.2 Å². The smallest absolute Gasteiger partial charge is 0.264 e. The average Bonchev–Trinajstić information content (AvgIpc) is 2.81. The van der Waals surface area contributed by atoms with Crippen LogP contribution in [0.1, 0.15) is 30.5 Å². The van der Waals surface area contributed by atoms with Crippen molar-refractivity contribution in [1.29, 1.82) is 0 Å². The number of nitrogens with one attached hydrogen (secondary N) is 1. The summed E-state index contributed by atoms with van der Waals surface area (Å²) in [5.41, 5.74) is 2.19. The van der Waals surface area contributed by atoms with E-state index in [0.717, 1.165) is 21.2 Å². The summed E-state index contributed by atoms with van der Waals surface area (Å²) >= 11 is 6.12. The Morgan fingerprint density at radius 3 is 2.39 bits per heavy atom. The fourth-order valence-electron chi connectivity index (χ4n) is 3.58. The van der Waals surface area contributed by atoms with E-state index in [0.29, 0.717) is 17.1 Å². The van der Waals surface area contributed by atoms with Gasteiger partial charge in [0.05, 0.1) is 23.7 Å². The number of hydrogen-bond donors (Lipinski definition) is 1. The third-order valence-corrected chi connectivity index (χ3v) is 7.30. The van der Waals surface area contributed by atoms with Crippen LogP contribution in [0.15, 0.2) is 77.7 Å². The fourth-order valence-corrected chi connectivity index (χ4v) is 5.19. The summed E-state index contributed by atoms with van der Waals surface area (Å²) in [6, 6.07) is 19.9. The van der Waals surface area contributed by atoms with Crippen molar-refractivity contribution in [3.63, 3.8) is 0 Å². The molecule has 3 aromatic rings. The molecule has 8 heteroatoms. The fraction of sp³-hybridized carbons (Fsp3) is 0.240. The van der Waals surface area contributed by atoms with Gasteiger partial charge in [-0.25, -0.2) is 8.42 Å². The Hall–Kier alpha value is -3.03. The van der Waals surface area contributed by atoms with Gasteiger partial charge in [0.1, 0.15) is 12.3 Å². The number of benzene rings is 3. The third-order valence-electron chi connectivity index (χ3n) is 5.28. The van der Waals surface area contributed by atoms with E-state index in [1.54, 1.807) is 43.5 Å². The Morgan fingerprint density at radius 2 is 1.79 bits per heavy atom. The molecule has 1 atom stereocenters. The van der Waals surface area contributed by atoms with E-state index in [9.17, 15) is 13.2 Å². The van der Waals surface area contributed by atoms with Gasteiger partial charge in [-0.2, -0.15) is 0 Å². The molecule has 0 bridgehead atoms. The Bertz CT molecular complexity index is 1220. The minimum absolute atomic E-state index is 0.0931. The lowest BCUT2D eigenvalue weighted by Gasteiger charge is -2.26. The predicted octanol–water partition coefficient (Wildman–Crippen LogP) is 5.12. The van der Waals surface area contributed by atoms with Gasteiger partial charge >= 0.3 is 0 Å². The topological polar surface area (TPSA) is 75.7 Å². The molecular formula is C25H27ClN2O4S. The molecule has 0 aliphatic heterocycles. The zero-order chi connectivity index (χ0) is 24.0. The first-order chi connectivity index (χ1) is 15.8. The highest BCUT2D eigenvalue weighted by Crippen LogP contribution is 2.27. The normalized spacial score (nSPS) is 12.1. The SMILES string of the molecule is CC[C@H](NC(=O)CN(c1cccc(Cl)c1)S(=O)(=O)c1ccccc1)c1ccc(OC)c(C)c1. The first-order valence-electron chi connectivity index (χ1n) is 10.5. The largest absolute Gasteiger partial charge is 0.496 e. The van der Waals surface area contributed by atoms with E-state index < -0.39 is 15.9 Å². The van der Waals surface area contributed by atoms with E-state index >= 15 is 0 Å². The van der Waals surface area contributed by atoms with E-state index in [-0.39, 0.29) is 17.5 Å². The molecule has 0 heterocycles. The Balaban J connectivity index is 1.89. The summed E-state index contributed by atoms with van der Waals surface area (Å²) in [6.07, 6.45) is 0.639. The van der Waals surface area contributed by atoms with Crippen LogP contribution in [0.3, 0.4) is 0 Å². The van der Waals surface area contributed by atoms with Crippen LogP contribution < -0.4 is 14.4 Å². The van der Waals surface area contributed by atoms with Crippen LogP contribution in [-0.4, -0.2) is 28.0 Å². The second-order valence-electron chi connectivity index (χ2n) is 7.56. The Morgan fingerprint density at radius 1 is 1.06 bits per heavy atom. The monoisotopic (exact) mass is 486 g/mol. The number of anilines is 1. The molecule has 3 rings (SSSR count). The molecule has 0 spiro atoms. The predicted molar refractivity (Wildman–Crippen MR) is 131 cm³/mol. The molecule has 1 N–H and O–H groups in total. The van der Waals surface area contributed by atoms with E-state index in [1.165, 1.54) is 18.2 Å². The maximum absolute atomic E-state index is 13.4. The van der Waals surface area contributed by atoms with Gasteiger partial charge in [0.25, 0.3) is 10.0 Å². The standard InChI is InChI=1S/C25H27ClN2O4S/c1-4-23(19-13-14-24(32-3)18(2)15-19)27-25(29)17-28(21-10-8-9-20(26)16-21)33(30,31)22-11-6-5-7-12-22/h5-16,23H,4,17H2,1-3H3,(H,27,29)/t23-/m0/s1. The molecule has 33 heavy (non-hydrogen) atoms. The van der Waals surface area contributed by atoms with Crippen LogP contribution in [0.2, 0.25) is 5.02 Å². The second-order valence-corrected chi connectivity index (χ2v) is 9.86. The Kier molecular flexibility index (Phi) is 8.00. The molecular weight excluding hydrogens is 460 g/mol. The van der Waals surface area contributed by atoms with Crippen molar-refractivity contribution >= 4 is 33.2 Å². The molecule has 0 aliphatic carbocycles. The highest BCUT2D eigenvalue weighted by atomic mass is 35.5. The van der Waals surface area contributed by atoms with Crippen molar-refractivity contribution in [3.8, 4) is 5.75 Å². The number of nitrogens with zero attached hydrogens (tertiary/aromatic N) is 1. The summed E-state index contributed by atoms with van der Waals surface area (Å²) in [5, 5.41) is 3.34. The van der Waals surface area contributed by atoms with Gasteiger partial charge < -0.3 is 10.1 Å². The summed E-state index contributed by atoms with van der Waals surface area (Å²) in [7, 11) is -2.38. The van der Waals surface area contributed by atoms with Gasteiger partial charge in [-0.1, -0.05) is 54.9 Å². The van der Waals surface area contributed by atoms with Crippen LogP contribution in [-0.2, 0) is 14.8 Å². The molecule has 3 aromatic carbocycles. The van der Waals surface area contributed by atoms with E-state index in [1.807, 2.05) is 32.0 Å². The van der Waals surface area contributed by atoms with Gasteiger partial charge in [0.2, 0.25) is 5.91 Å². The zero-order valence-corrected chi connectivity index (χ0v) is 20.4. The van der Waals surface area contributed by atoms with Crippen LogP contribution in [0.4, 0.5) is 5.69 Å². The number of aryl methyl sites for hydroxylation is 1. The van der Waals surface area contributed by atoms with Gasteiger partial charge in [0, 0.05) is 5.02 Å². The Labute approximate surface area is 200 Å². The van der Waals surface area contributed by atoms with Gasteiger partial charge in [-0.3, -0.25) is 9.10 Å². The van der Waals surface area contributed by atoms with Gasteiger partial charge in [-0.05, 0) is 60.9 Å². The summed E-state index contributed by atoms with van der Waals surface area (Å²) in [5.74, 6) is 0.343. The minimum atomic E-state index is -3.99. The lowest BCUT2D eigenvalue weighted by molar-refractivity contribution is -0.120. The lowest BCUT2D eigenvalue weighted by Crippen LogP contribution is -2.42. The highest BCUT2D eigenvalue weighted by molar-refractivity contribution is 7.92. The van der Waals surface area contributed by atoms with Crippen LogP contribution in [0, 0.1) is 6.92 Å². The first-order valence-corrected chi connectivity index (χ1v) is 12.3. The first kappa shape index (κ1) is 24.6. The van der Waals surface area contributed by atoms with Crippen LogP contribution >= 0.6 is 11.6 Å². The minimum Gasteiger partial charge on any atom is -0.496 e. The number of hydrogen-bond acceptors (Lipinski definition) is 4. The number of ether oxygens (including phenoxy) is 1. The highest BCUT2D eigenvalue weighted by Gasteiger charge is 2.28.